The van der Waals surface area contributed by atoms with Crippen molar-refractivity contribution in [1.29, 1.82) is 0 Å². The second-order valence-corrected chi connectivity index (χ2v) is 4.92. The fraction of sp³-hybridized carbons (Fsp3) is 0.0833. The molecule has 1 heterocycles. The number of halogens is 1. The highest BCUT2D eigenvalue weighted by Crippen LogP contribution is 2.28. The van der Waals surface area contributed by atoms with Gasteiger partial charge in [-0.2, -0.15) is 0 Å². The minimum atomic E-state index is 0.226. The lowest BCUT2D eigenvalue weighted by atomic mass is 10.3. The Morgan fingerprint density at radius 3 is 2.74 bits per heavy atom. The van der Waals surface area contributed by atoms with Gasteiger partial charge in [-0.3, -0.25) is 0 Å². The molecule has 0 fully saturated rings. The highest BCUT2D eigenvalue weighted by atomic mass is 79.9. The van der Waals surface area contributed by atoms with Crippen molar-refractivity contribution in [3.05, 3.63) is 40.8 Å². The van der Waals surface area contributed by atoms with Crippen LogP contribution in [0.5, 0.6) is 5.75 Å². The van der Waals surface area contributed by atoms with Gasteiger partial charge in [-0.1, -0.05) is 12.2 Å². The van der Waals surface area contributed by atoms with Crippen molar-refractivity contribution in [2.45, 2.75) is 0 Å². The molecule has 98 valence electrons. The summed E-state index contributed by atoms with van der Waals surface area (Å²) in [6.45, 7) is 0. The van der Waals surface area contributed by atoms with Gasteiger partial charge in [-0.15, -0.1) is 0 Å². The third-order valence-electron chi connectivity index (χ3n) is 2.33. The van der Waals surface area contributed by atoms with Crippen molar-refractivity contribution >= 4 is 44.6 Å². The van der Waals surface area contributed by atoms with Crippen LogP contribution in [0.25, 0.3) is 0 Å². The SMILES string of the molecule is COc1cc(Nc2cnc(C(N)=S)cn2)ccc1Br. The van der Waals surface area contributed by atoms with Crippen molar-refractivity contribution in [2.24, 2.45) is 5.73 Å². The lowest BCUT2D eigenvalue weighted by Crippen LogP contribution is -2.12. The Labute approximate surface area is 124 Å². The molecule has 0 atom stereocenters. The second kappa shape index (κ2) is 5.94. The van der Waals surface area contributed by atoms with Gasteiger partial charge in [-0.25, -0.2) is 9.97 Å². The van der Waals surface area contributed by atoms with Crippen LogP contribution in [-0.2, 0) is 0 Å². The van der Waals surface area contributed by atoms with Gasteiger partial charge < -0.3 is 15.8 Å². The predicted molar refractivity (Wildman–Crippen MR) is 81.9 cm³/mol. The van der Waals surface area contributed by atoms with E-state index in [4.69, 9.17) is 22.7 Å². The second-order valence-electron chi connectivity index (χ2n) is 3.63. The van der Waals surface area contributed by atoms with Gasteiger partial charge in [-0.05, 0) is 28.1 Å². The Balaban J connectivity index is 2.19. The fourth-order valence-corrected chi connectivity index (χ4v) is 1.92. The molecule has 0 spiro atoms. The summed E-state index contributed by atoms with van der Waals surface area (Å²) in [5.41, 5.74) is 6.80. The van der Waals surface area contributed by atoms with E-state index >= 15 is 0 Å². The Kier molecular flexibility index (Phi) is 4.28. The topological polar surface area (TPSA) is 73.1 Å². The molecule has 0 saturated heterocycles. The fourth-order valence-electron chi connectivity index (χ4n) is 1.41. The molecule has 0 amide bonds. The zero-order chi connectivity index (χ0) is 13.8. The molecule has 0 aliphatic heterocycles. The van der Waals surface area contributed by atoms with E-state index in [-0.39, 0.29) is 4.99 Å². The molecule has 0 aliphatic rings. The molecule has 1 aromatic heterocycles. The van der Waals surface area contributed by atoms with E-state index < -0.39 is 0 Å². The summed E-state index contributed by atoms with van der Waals surface area (Å²) in [4.78, 5) is 8.51. The van der Waals surface area contributed by atoms with Crippen LogP contribution in [-0.4, -0.2) is 22.1 Å². The zero-order valence-electron chi connectivity index (χ0n) is 10.1. The summed E-state index contributed by atoms with van der Waals surface area (Å²) < 4.78 is 6.10. The molecule has 0 aliphatic carbocycles. The normalized spacial score (nSPS) is 10.0. The van der Waals surface area contributed by atoms with Crippen molar-refractivity contribution in [2.75, 3.05) is 12.4 Å². The number of nitrogens with one attached hydrogen (secondary N) is 1. The summed E-state index contributed by atoms with van der Waals surface area (Å²) >= 11 is 8.21. The maximum Gasteiger partial charge on any atom is 0.148 e. The monoisotopic (exact) mass is 338 g/mol. The number of benzene rings is 1. The molecule has 0 bridgehead atoms. The molecule has 3 N–H and O–H groups in total. The number of nitrogens with two attached hydrogens (primary N) is 1. The Hall–Kier alpha value is -1.73. The maximum atomic E-state index is 5.46. The van der Waals surface area contributed by atoms with Crippen LogP contribution in [0, 0.1) is 0 Å². The third kappa shape index (κ3) is 3.39. The molecule has 0 radical (unpaired) electrons. The van der Waals surface area contributed by atoms with Crippen LogP contribution in [0.1, 0.15) is 5.69 Å². The van der Waals surface area contributed by atoms with Crippen LogP contribution >= 0.6 is 28.1 Å². The number of anilines is 2. The molecule has 7 heteroatoms. The molecule has 0 saturated carbocycles. The summed E-state index contributed by atoms with van der Waals surface area (Å²) in [5.74, 6) is 1.34. The number of thiocarbonyl (C=S) groups is 1. The average molecular weight is 339 g/mol. The Morgan fingerprint density at radius 1 is 1.37 bits per heavy atom. The molecule has 2 rings (SSSR count). The van der Waals surface area contributed by atoms with Gasteiger partial charge in [0.05, 0.1) is 24.0 Å². The summed E-state index contributed by atoms with van der Waals surface area (Å²) in [7, 11) is 1.61. The summed E-state index contributed by atoms with van der Waals surface area (Å²) in [6, 6.07) is 5.64. The standard InChI is InChI=1S/C12H11BrN4OS/c1-18-10-4-7(2-3-8(10)13)17-11-6-15-9(5-16-11)12(14)19/h2-6H,1H3,(H2,14,19)(H,16,17). The van der Waals surface area contributed by atoms with Crippen molar-refractivity contribution in [3.8, 4) is 5.75 Å². The van der Waals surface area contributed by atoms with Gasteiger partial charge >= 0.3 is 0 Å². The predicted octanol–water partition coefficient (Wildman–Crippen LogP) is 2.63. The van der Waals surface area contributed by atoms with Crippen LogP contribution in [0.3, 0.4) is 0 Å². The first-order valence-electron chi connectivity index (χ1n) is 5.32. The van der Waals surface area contributed by atoms with E-state index in [9.17, 15) is 0 Å². The highest BCUT2D eigenvalue weighted by Gasteiger charge is 2.04. The van der Waals surface area contributed by atoms with Gasteiger partial charge in [0, 0.05) is 11.8 Å². The first kappa shape index (κ1) is 13.7. The maximum absolute atomic E-state index is 5.46. The summed E-state index contributed by atoms with van der Waals surface area (Å²) in [5, 5.41) is 3.11. The smallest absolute Gasteiger partial charge is 0.148 e. The molecule has 2 aromatic rings. The van der Waals surface area contributed by atoms with E-state index in [0.717, 1.165) is 15.9 Å². The van der Waals surface area contributed by atoms with Crippen LogP contribution < -0.4 is 15.8 Å². The zero-order valence-corrected chi connectivity index (χ0v) is 12.5. The van der Waals surface area contributed by atoms with Gasteiger partial charge in [0.15, 0.2) is 0 Å². The highest BCUT2D eigenvalue weighted by molar-refractivity contribution is 9.10. The number of rotatable bonds is 4. The lowest BCUT2D eigenvalue weighted by Gasteiger charge is -2.08. The minimum Gasteiger partial charge on any atom is -0.495 e. The molecule has 19 heavy (non-hydrogen) atoms. The Bertz CT molecular complexity index is 603. The lowest BCUT2D eigenvalue weighted by molar-refractivity contribution is 0.412. The summed E-state index contributed by atoms with van der Waals surface area (Å²) in [6.07, 6.45) is 3.10. The van der Waals surface area contributed by atoms with Crippen molar-refractivity contribution < 1.29 is 4.74 Å². The van der Waals surface area contributed by atoms with Gasteiger partial charge in [0.25, 0.3) is 0 Å². The van der Waals surface area contributed by atoms with E-state index in [1.54, 1.807) is 13.3 Å². The van der Waals surface area contributed by atoms with Gasteiger partial charge in [0.1, 0.15) is 22.2 Å². The van der Waals surface area contributed by atoms with E-state index in [2.05, 4.69) is 31.2 Å². The average Bonchev–Trinajstić information content (AvgIpc) is 2.41. The van der Waals surface area contributed by atoms with E-state index in [1.807, 2.05) is 18.2 Å². The van der Waals surface area contributed by atoms with E-state index in [1.165, 1.54) is 6.20 Å². The number of nitrogens with zero attached hydrogens (tertiary/aromatic N) is 2. The van der Waals surface area contributed by atoms with Gasteiger partial charge in [0.2, 0.25) is 0 Å². The minimum absolute atomic E-state index is 0.226. The Morgan fingerprint density at radius 2 is 2.16 bits per heavy atom. The molecule has 5 nitrogen and oxygen atoms in total. The number of ether oxygens (including phenoxy) is 1. The number of aromatic nitrogens is 2. The first-order chi connectivity index (χ1) is 9.10. The van der Waals surface area contributed by atoms with Crippen LogP contribution in [0.2, 0.25) is 0 Å². The largest absolute Gasteiger partial charge is 0.495 e. The number of hydrogen-bond donors (Lipinski definition) is 2. The molecule has 1 aromatic carbocycles. The molecule has 0 unspecified atom stereocenters. The quantitative estimate of drug-likeness (QED) is 0.835. The molecular weight excluding hydrogens is 328 g/mol. The van der Waals surface area contributed by atoms with Crippen LogP contribution in [0.15, 0.2) is 35.1 Å². The van der Waals surface area contributed by atoms with Crippen molar-refractivity contribution in [1.82, 2.24) is 9.97 Å². The number of methoxy groups -OCH3 is 1. The van der Waals surface area contributed by atoms with Crippen LogP contribution in [0.4, 0.5) is 11.5 Å². The van der Waals surface area contributed by atoms with E-state index in [0.29, 0.717) is 11.5 Å². The van der Waals surface area contributed by atoms with Crippen molar-refractivity contribution in [3.63, 3.8) is 0 Å². The molecular formula is C12H11BrN4OS. The third-order valence-corrected chi connectivity index (χ3v) is 3.19. The number of hydrogen-bond acceptors (Lipinski definition) is 5. The first-order valence-corrected chi connectivity index (χ1v) is 6.52.